The summed E-state index contributed by atoms with van der Waals surface area (Å²) in [6, 6.07) is 11.0. The lowest BCUT2D eigenvalue weighted by molar-refractivity contribution is 0.509. The summed E-state index contributed by atoms with van der Waals surface area (Å²) >= 11 is 12.8. The maximum atomic E-state index is 14.2. The minimum Gasteiger partial charge on any atom is -0.310 e. The van der Waals surface area contributed by atoms with Gasteiger partial charge in [-0.25, -0.2) is 4.39 Å². The Balaban J connectivity index is 2.30. The first-order valence-corrected chi connectivity index (χ1v) is 8.60. The summed E-state index contributed by atoms with van der Waals surface area (Å²) < 4.78 is 15.8. The quantitative estimate of drug-likeness (QED) is 0.577. The van der Waals surface area contributed by atoms with Crippen LogP contribution in [0.5, 0.6) is 0 Å². The Morgan fingerprint density at radius 1 is 1.19 bits per heavy atom. The first-order chi connectivity index (χ1) is 10.0. The normalized spacial score (nSPS) is 12.4. The molecule has 21 heavy (non-hydrogen) atoms. The van der Waals surface area contributed by atoms with E-state index in [0.29, 0.717) is 21.5 Å². The van der Waals surface area contributed by atoms with Crippen molar-refractivity contribution in [1.29, 1.82) is 0 Å². The van der Waals surface area contributed by atoms with Crippen molar-refractivity contribution in [2.75, 3.05) is 6.54 Å². The Bertz CT molecular complexity index is 616. The van der Waals surface area contributed by atoms with E-state index in [0.717, 1.165) is 16.6 Å². The van der Waals surface area contributed by atoms with Crippen LogP contribution in [-0.4, -0.2) is 6.54 Å². The zero-order valence-electron chi connectivity index (χ0n) is 11.5. The Hall–Kier alpha value is -0.420. The van der Waals surface area contributed by atoms with Crippen molar-refractivity contribution < 1.29 is 4.39 Å². The van der Waals surface area contributed by atoms with Gasteiger partial charge in [0.05, 0.1) is 5.02 Å². The number of halogens is 4. The molecular weight excluding hydrogens is 420 g/mol. The molecule has 0 saturated heterocycles. The first kappa shape index (κ1) is 16.9. The molecule has 0 aliphatic carbocycles. The van der Waals surface area contributed by atoms with Crippen molar-refractivity contribution in [3.63, 3.8) is 0 Å². The molecule has 0 fully saturated rings. The van der Waals surface area contributed by atoms with Crippen molar-refractivity contribution in [2.24, 2.45) is 0 Å². The zero-order valence-corrected chi connectivity index (χ0v) is 15.4. The highest BCUT2D eigenvalue weighted by molar-refractivity contribution is 9.10. The number of likely N-dealkylation sites (N-methyl/N-ethyl adjacent to an activating group) is 1. The monoisotopic (exact) mass is 433 g/mol. The fourth-order valence-corrected chi connectivity index (χ4v) is 2.95. The maximum Gasteiger partial charge on any atom is 0.129 e. The average molecular weight is 436 g/mol. The van der Waals surface area contributed by atoms with E-state index in [9.17, 15) is 4.39 Å². The van der Waals surface area contributed by atoms with Gasteiger partial charge < -0.3 is 5.32 Å². The number of rotatable bonds is 5. The van der Waals surface area contributed by atoms with Crippen LogP contribution in [0.4, 0.5) is 4.39 Å². The number of nitrogens with one attached hydrogen (secondary N) is 1. The van der Waals surface area contributed by atoms with Crippen molar-refractivity contribution in [1.82, 2.24) is 5.32 Å². The molecule has 1 N–H and O–H groups in total. The molecule has 1 unspecified atom stereocenters. The van der Waals surface area contributed by atoms with Crippen LogP contribution in [-0.2, 0) is 6.42 Å². The van der Waals surface area contributed by atoms with Crippen molar-refractivity contribution >= 4 is 43.5 Å². The third-order valence-electron chi connectivity index (χ3n) is 3.22. The van der Waals surface area contributed by atoms with Crippen LogP contribution in [0.15, 0.2) is 45.3 Å². The second kappa shape index (κ2) is 7.73. The first-order valence-electron chi connectivity index (χ1n) is 6.63. The summed E-state index contributed by atoms with van der Waals surface area (Å²) in [5.74, 6) is -0.255. The van der Waals surface area contributed by atoms with E-state index >= 15 is 0 Å². The standard InChI is InChI=1S/C16H15Br2ClFN/c1-2-21-16(7-10-3-5-11(17)6-4-10)12-8-14(19)13(18)9-15(12)20/h3-6,8-9,16,21H,2,7H2,1H3. The number of benzene rings is 2. The summed E-state index contributed by atoms with van der Waals surface area (Å²) in [6.07, 6.45) is 0.704. The van der Waals surface area contributed by atoms with Crippen LogP contribution in [0.2, 0.25) is 5.02 Å². The second-order valence-corrected chi connectivity index (χ2v) is 6.91. The molecule has 0 heterocycles. The highest BCUT2D eigenvalue weighted by Crippen LogP contribution is 2.30. The van der Waals surface area contributed by atoms with E-state index in [2.05, 4.69) is 37.2 Å². The van der Waals surface area contributed by atoms with Gasteiger partial charge in [0.2, 0.25) is 0 Å². The summed E-state index contributed by atoms with van der Waals surface area (Å²) in [5, 5.41) is 3.84. The van der Waals surface area contributed by atoms with Crippen LogP contribution < -0.4 is 5.32 Å². The van der Waals surface area contributed by atoms with E-state index in [-0.39, 0.29) is 11.9 Å². The Morgan fingerprint density at radius 2 is 1.86 bits per heavy atom. The summed E-state index contributed by atoms with van der Waals surface area (Å²) in [5.41, 5.74) is 1.73. The van der Waals surface area contributed by atoms with Gasteiger partial charge in [0.15, 0.2) is 0 Å². The topological polar surface area (TPSA) is 12.0 Å². The molecule has 5 heteroatoms. The summed E-state index contributed by atoms with van der Waals surface area (Å²) in [6.45, 7) is 2.77. The second-order valence-electron chi connectivity index (χ2n) is 4.73. The van der Waals surface area contributed by atoms with Gasteiger partial charge in [0, 0.05) is 20.6 Å². The van der Waals surface area contributed by atoms with E-state index in [1.165, 1.54) is 6.07 Å². The van der Waals surface area contributed by atoms with Gasteiger partial charge >= 0.3 is 0 Å². The number of hydrogen-bond acceptors (Lipinski definition) is 1. The van der Waals surface area contributed by atoms with Crippen LogP contribution >= 0.6 is 43.5 Å². The zero-order chi connectivity index (χ0) is 15.4. The van der Waals surface area contributed by atoms with E-state index in [1.54, 1.807) is 6.07 Å². The van der Waals surface area contributed by atoms with Gasteiger partial charge in [-0.2, -0.15) is 0 Å². The van der Waals surface area contributed by atoms with E-state index in [4.69, 9.17) is 11.6 Å². The average Bonchev–Trinajstić information content (AvgIpc) is 2.45. The van der Waals surface area contributed by atoms with Crippen LogP contribution in [0.25, 0.3) is 0 Å². The molecule has 0 spiro atoms. The van der Waals surface area contributed by atoms with Crippen molar-refractivity contribution in [3.05, 3.63) is 67.3 Å². The summed E-state index contributed by atoms with van der Waals surface area (Å²) in [4.78, 5) is 0. The third kappa shape index (κ3) is 4.52. The highest BCUT2D eigenvalue weighted by Gasteiger charge is 2.17. The molecule has 0 aliphatic rings. The van der Waals surface area contributed by atoms with E-state index in [1.807, 2.05) is 31.2 Å². The largest absolute Gasteiger partial charge is 0.310 e. The predicted molar refractivity (Wildman–Crippen MR) is 93.4 cm³/mol. The van der Waals surface area contributed by atoms with Gasteiger partial charge in [-0.1, -0.05) is 46.6 Å². The lowest BCUT2D eigenvalue weighted by atomic mass is 9.98. The third-order valence-corrected chi connectivity index (χ3v) is 4.94. The minimum atomic E-state index is -0.255. The van der Waals surface area contributed by atoms with Gasteiger partial charge in [0.1, 0.15) is 5.82 Å². The Kier molecular flexibility index (Phi) is 6.23. The van der Waals surface area contributed by atoms with Crippen molar-refractivity contribution in [2.45, 2.75) is 19.4 Å². The predicted octanol–water partition coefficient (Wildman–Crippen LogP) is 5.90. The molecular formula is C16H15Br2ClFN. The molecule has 2 rings (SSSR count). The van der Waals surface area contributed by atoms with Gasteiger partial charge in [-0.05, 0) is 58.7 Å². The minimum absolute atomic E-state index is 0.109. The number of hydrogen-bond donors (Lipinski definition) is 1. The molecule has 0 saturated carbocycles. The van der Waals surface area contributed by atoms with Gasteiger partial charge in [-0.15, -0.1) is 0 Å². The Labute approximate surface area is 146 Å². The van der Waals surface area contributed by atoms with Crippen LogP contribution in [0, 0.1) is 5.82 Å². The molecule has 0 aliphatic heterocycles. The molecule has 0 amide bonds. The molecule has 2 aromatic rings. The van der Waals surface area contributed by atoms with Crippen molar-refractivity contribution in [3.8, 4) is 0 Å². The Morgan fingerprint density at radius 3 is 2.48 bits per heavy atom. The molecule has 2 aromatic carbocycles. The van der Waals surface area contributed by atoms with Gasteiger partial charge in [0.25, 0.3) is 0 Å². The lowest BCUT2D eigenvalue weighted by Gasteiger charge is -2.20. The smallest absolute Gasteiger partial charge is 0.129 e. The molecule has 1 nitrogen and oxygen atoms in total. The fourth-order valence-electron chi connectivity index (χ4n) is 2.20. The van der Waals surface area contributed by atoms with Crippen LogP contribution in [0.3, 0.4) is 0 Å². The maximum absolute atomic E-state index is 14.2. The SMILES string of the molecule is CCNC(Cc1ccc(Br)cc1)c1cc(Cl)c(Br)cc1F. The summed E-state index contributed by atoms with van der Waals surface area (Å²) in [7, 11) is 0. The van der Waals surface area contributed by atoms with Gasteiger partial charge in [-0.3, -0.25) is 0 Å². The lowest BCUT2D eigenvalue weighted by Crippen LogP contribution is -2.24. The molecule has 1 atom stereocenters. The fraction of sp³-hybridized carbons (Fsp3) is 0.250. The van der Waals surface area contributed by atoms with Crippen LogP contribution in [0.1, 0.15) is 24.1 Å². The molecule has 0 bridgehead atoms. The molecule has 112 valence electrons. The van der Waals surface area contributed by atoms with E-state index < -0.39 is 0 Å². The molecule has 0 aromatic heterocycles. The molecule has 0 radical (unpaired) electrons. The highest BCUT2D eigenvalue weighted by atomic mass is 79.9.